The van der Waals surface area contributed by atoms with Crippen LogP contribution in [0.2, 0.25) is 0 Å². The number of halogens is 5. The van der Waals surface area contributed by atoms with Crippen molar-refractivity contribution in [2.45, 2.75) is 6.18 Å². The lowest BCUT2D eigenvalue weighted by atomic mass is 10.2. The van der Waals surface area contributed by atoms with Crippen molar-refractivity contribution < 1.29 is 18.0 Å². The minimum Gasteiger partial charge on any atom is -0.343 e. The number of rotatable bonds is 2. The maximum atomic E-state index is 11.9. The van der Waals surface area contributed by atoms with Gasteiger partial charge in [-0.1, -0.05) is 15.9 Å². The highest BCUT2D eigenvalue weighted by molar-refractivity contribution is 9.11. The Balaban J connectivity index is 2.77. The van der Waals surface area contributed by atoms with Gasteiger partial charge in [0.05, 0.1) is 5.56 Å². The zero-order valence-corrected chi connectivity index (χ0v) is 10.9. The van der Waals surface area contributed by atoms with Crippen LogP contribution in [0.15, 0.2) is 27.1 Å². The maximum absolute atomic E-state index is 11.9. The smallest absolute Gasteiger partial charge is 0.343 e. The van der Waals surface area contributed by atoms with E-state index in [2.05, 4.69) is 31.9 Å². The SMILES string of the molecule is O=C(NCC(F)(F)F)c1cc(Br)ccc1Br. The van der Waals surface area contributed by atoms with Gasteiger partial charge in [0.15, 0.2) is 0 Å². The van der Waals surface area contributed by atoms with Gasteiger partial charge in [0.25, 0.3) is 5.91 Å². The molecular weight excluding hydrogens is 355 g/mol. The summed E-state index contributed by atoms with van der Waals surface area (Å²) >= 11 is 6.22. The largest absolute Gasteiger partial charge is 0.405 e. The lowest BCUT2D eigenvalue weighted by molar-refractivity contribution is -0.123. The molecule has 0 bridgehead atoms. The van der Waals surface area contributed by atoms with Crippen molar-refractivity contribution >= 4 is 37.8 Å². The molecule has 0 heterocycles. The number of carbonyl (C=O) groups is 1. The molecule has 16 heavy (non-hydrogen) atoms. The molecule has 1 aromatic rings. The first-order chi connectivity index (χ1) is 7.29. The van der Waals surface area contributed by atoms with Crippen molar-refractivity contribution in [2.24, 2.45) is 0 Å². The van der Waals surface area contributed by atoms with Crippen molar-refractivity contribution in [3.63, 3.8) is 0 Å². The van der Waals surface area contributed by atoms with Crippen molar-refractivity contribution in [3.05, 3.63) is 32.7 Å². The zero-order chi connectivity index (χ0) is 12.3. The van der Waals surface area contributed by atoms with Crippen LogP contribution in [0.25, 0.3) is 0 Å². The maximum Gasteiger partial charge on any atom is 0.405 e. The Morgan fingerprint density at radius 3 is 2.50 bits per heavy atom. The summed E-state index contributed by atoms with van der Waals surface area (Å²) in [5.74, 6) is -0.773. The highest BCUT2D eigenvalue weighted by Gasteiger charge is 2.28. The van der Waals surface area contributed by atoms with Crippen molar-refractivity contribution in [1.82, 2.24) is 5.32 Å². The second-order valence-electron chi connectivity index (χ2n) is 2.92. The molecule has 1 rings (SSSR count). The van der Waals surface area contributed by atoms with Crippen LogP contribution < -0.4 is 5.32 Å². The molecule has 0 aromatic heterocycles. The predicted octanol–water partition coefficient (Wildman–Crippen LogP) is 3.50. The Kier molecular flexibility index (Phi) is 4.37. The fourth-order valence-corrected chi connectivity index (χ4v) is 1.73. The first-order valence-corrected chi connectivity index (χ1v) is 5.68. The third kappa shape index (κ3) is 4.13. The van der Waals surface area contributed by atoms with Gasteiger partial charge < -0.3 is 5.32 Å². The van der Waals surface area contributed by atoms with Gasteiger partial charge in [0, 0.05) is 8.95 Å². The van der Waals surface area contributed by atoms with E-state index in [0.717, 1.165) is 0 Å². The topological polar surface area (TPSA) is 29.1 Å². The summed E-state index contributed by atoms with van der Waals surface area (Å²) in [7, 11) is 0. The number of amides is 1. The van der Waals surface area contributed by atoms with E-state index in [1.54, 1.807) is 17.4 Å². The first-order valence-electron chi connectivity index (χ1n) is 4.09. The molecule has 0 saturated carbocycles. The molecule has 0 atom stereocenters. The van der Waals surface area contributed by atoms with Gasteiger partial charge in [0.1, 0.15) is 6.54 Å². The van der Waals surface area contributed by atoms with E-state index in [1.807, 2.05) is 0 Å². The number of nitrogens with one attached hydrogen (secondary N) is 1. The van der Waals surface area contributed by atoms with E-state index in [4.69, 9.17) is 0 Å². The highest BCUT2D eigenvalue weighted by Crippen LogP contribution is 2.21. The molecule has 88 valence electrons. The average molecular weight is 361 g/mol. The molecule has 0 aliphatic carbocycles. The normalized spacial score (nSPS) is 11.3. The number of hydrogen-bond acceptors (Lipinski definition) is 1. The van der Waals surface area contributed by atoms with Gasteiger partial charge in [-0.15, -0.1) is 0 Å². The molecule has 0 unspecified atom stereocenters. The fourth-order valence-electron chi connectivity index (χ4n) is 0.947. The minimum absolute atomic E-state index is 0.152. The number of alkyl halides is 3. The summed E-state index contributed by atoms with van der Waals surface area (Å²) < 4.78 is 36.7. The quantitative estimate of drug-likeness (QED) is 0.859. The van der Waals surface area contributed by atoms with Crippen molar-refractivity contribution in [3.8, 4) is 0 Å². The van der Waals surface area contributed by atoms with Crippen LogP contribution >= 0.6 is 31.9 Å². The van der Waals surface area contributed by atoms with Gasteiger partial charge >= 0.3 is 6.18 Å². The second-order valence-corrected chi connectivity index (χ2v) is 4.69. The third-order valence-electron chi connectivity index (χ3n) is 1.62. The zero-order valence-electron chi connectivity index (χ0n) is 7.74. The average Bonchev–Trinajstić information content (AvgIpc) is 2.17. The minimum atomic E-state index is -4.41. The second kappa shape index (κ2) is 5.18. The summed E-state index contributed by atoms with van der Waals surface area (Å²) in [5.41, 5.74) is 0.152. The Morgan fingerprint density at radius 1 is 1.31 bits per heavy atom. The molecule has 7 heteroatoms. The highest BCUT2D eigenvalue weighted by atomic mass is 79.9. The van der Waals surface area contributed by atoms with Crippen LogP contribution in [0.4, 0.5) is 13.2 Å². The van der Waals surface area contributed by atoms with E-state index in [-0.39, 0.29) is 5.56 Å². The summed E-state index contributed by atoms with van der Waals surface area (Å²) in [6.07, 6.45) is -4.41. The molecule has 0 aliphatic heterocycles. The van der Waals surface area contributed by atoms with E-state index in [1.165, 1.54) is 6.07 Å². The summed E-state index contributed by atoms with van der Waals surface area (Å²) in [5, 5.41) is 1.79. The Labute approximate surface area is 106 Å². The molecule has 0 radical (unpaired) electrons. The van der Waals surface area contributed by atoms with Crippen molar-refractivity contribution in [2.75, 3.05) is 6.54 Å². The van der Waals surface area contributed by atoms with Gasteiger partial charge in [-0.3, -0.25) is 4.79 Å². The Morgan fingerprint density at radius 2 is 1.94 bits per heavy atom. The van der Waals surface area contributed by atoms with E-state index in [0.29, 0.717) is 8.95 Å². The standard InChI is InChI=1S/C9H6Br2F3NO/c10-5-1-2-7(11)6(3-5)8(16)15-4-9(12,13)14/h1-3H,4H2,(H,15,16). The van der Waals surface area contributed by atoms with E-state index < -0.39 is 18.6 Å². The van der Waals surface area contributed by atoms with E-state index in [9.17, 15) is 18.0 Å². The molecule has 0 aliphatic rings. The lowest BCUT2D eigenvalue weighted by Gasteiger charge is -2.09. The molecule has 0 saturated heterocycles. The van der Waals surface area contributed by atoms with Crippen molar-refractivity contribution in [1.29, 1.82) is 0 Å². The van der Waals surface area contributed by atoms with Gasteiger partial charge in [-0.2, -0.15) is 13.2 Å². The Hall–Kier alpha value is -0.560. The molecule has 1 N–H and O–H groups in total. The van der Waals surface area contributed by atoms with Crippen LogP contribution in [0.5, 0.6) is 0 Å². The summed E-state index contributed by atoms with van der Waals surface area (Å²) in [6, 6.07) is 4.69. The number of hydrogen-bond donors (Lipinski definition) is 1. The van der Waals surface area contributed by atoms with Gasteiger partial charge in [0.2, 0.25) is 0 Å². The van der Waals surface area contributed by atoms with Gasteiger partial charge in [-0.25, -0.2) is 0 Å². The lowest BCUT2D eigenvalue weighted by Crippen LogP contribution is -2.33. The monoisotopic (exact) mass is 359 g/mol. The fraction of sp³-hybridized carbons (Fsp3) is 0.222. The van der Waals surface area contributed by atoms with E-state index >= 15 is 0 Å². The molecule has 0 spiro atoms. The Bertz CT molecular complexity index is 406. The third-order valence-corrected chi connectivity index (χ3v) is 2.81. The summed E-state index contributed by atoms with van der Waals surface area (Å²) in [4.78, 5) is 11.4. The number of benzene rings is 1. The summed E-state index contributed by atoms with van der Waals surface area (Å²) in [6.45, 7) is -1.34. The first kappa shape index (κ1) is 13.5. The number of carbonyl (C=O) groups excluding carboxylic acids is 1. The molecule has 2 nitrogen and oxygen atoms in total. The molecule has 0 fully saturated rings. The molecule has 1 aromatic carbocycles. The molecule has 1 amide bonds. The predicted molar refractivity (Wildman–Crippen MR) is 60.2 cm³/mol. The van der Waals surface area contributed by atoms with Crippen LogP contribution in [0.1, 0.15) is 10.4 Å². The van der Waals surface area contributed by atoms with Crippen LogP contribution in [0, 0.1) is 0 Å². The van der Waals surface area contributed by atoms with Crippen LogP contribution in [-0.2, 0) is 0 Å². The molecular formula is C9H6Br2F3NO. The van der Waals surface area contributed by atoms with Crippen LogP contribution in [0.3, 0.4) is 0 Å². The van der Waals surface area contributed by atoms with Gasteiger partial charge in [-0.05, 0) is 34.1 Å². The van der Waals surface area contributed by atoms with Crippen LogP contribution in [-0.4, -0.2) is 18.6 Å².